The van der Waals surface area contributed by atoms with Crippen LogP contribution in [-0.4, -0.2) is 44.8 Å². The molecule has 13 heteroatoms. The maximum Gasteiger partial charge on any atom is 0.404 e. The number of alkyl halides is 2. The molecule has 2 heterocycles. The van der Waals surface area contributed by atoms with Gasteiger partial charge >= 0.3 is 12.7 Å². The predicted octanol–water partition coefficient (Wildman–Crippen LogP) is 5.48. The van der Waals surface area contributed by atoms with Crippen molar-refractivity contribution in [1.82, 2.24) is 24.9 Å². The average Bonchev–Trinajstić information content (AvgIpc) is 3.34. The van der Waals surface area contributed by atoms with E-state index in [1.54, 1.807) is 10.6 Å². The first-order valence-corrected chi connectivity index (χ1v) is 13.0. The molecule has 0 saturated heterocycles. The lowest BCUT2D eigenvalue weighted by Crippen LogP contribution is -2.55. The Bertz CT molecular complexity index is 1600. The molecule has 1 atom stereocenters. The number of hydrogen-bond acceptors (Lipinski definition) is 7. The molecule has 2 aromatic carbocycles. The largest absolute Gasteiger partial charge is 0.450 e. The number of amides is 2. The van der Waals surface area contributed by atoms with Gasteiger partial charge in [-0.25, -0.2) is 19.3 Å². The van der Waals surface area contributed by atoms with Crippen LogP contribution in [0, 0.1) is 10.2 Å². The van der Waals surface area contributed by atoms with E-state index in [0.29, 0.717) is 36.3 Å². The minimum Gasteiger partial charge on any atom is -0.450 e. The summed E-state index contributed by atoms with van der Waals surface area (Å²) in [6, 6.07) is 13.2. The molecule has 0 fully saturated rings. The van der Waals surface area contributed by atoms with Gasteiger partial charge in [0.25, 0.3) is 5.91 Å². The van der Waals surface area contributed by atoms with Crippen LogP contribution in [0.4, 0.5) is 13.6 Å². The number of aromatic nitrogens is 4. The maximum atomic E-state index is 13.8. The highest BCUT2D eigenvalue weighted by Crippen LogP contribution is 2.43. The summed E-state index contributed by atoms with van der Waals surface area (Å²) in [5.74, 6) is -0.498. The van der Waals surface area contributed by atoms with E-state index in [1.807, 2.05) is 45.0 Å². The number of carbonyl (C=O) groups is 2. The lowest BCUT2D eigenvalue weighted by atomic mass is 9.69. The number of fused-ring (bicyclic) bond motifs is 3. The number of ether oxygens (including phenoxy) is 2. The fraction of sp³-hybridized carbons (Fsp3) is 0.370. The highest BCUT2D eigenvalue weighted by molar-refractivity contribution is 7.71. The van der Waals surface area contributed by atoms with Gasteiger partial charge in [-0.15, -0.1) is 0 Å². The summed E-state index contributed by atoms with van der Waals surface area (Å²) in [4.78, 5) is 34.2. The van der Waals surface area contributed by atoms with Gasteiger partial charge in [-0.2, -0.15) is 8.78 Å². The molecule has 0 aliphatic heterocycles. The Morgan fingerprint density at radius 2 is 1.80 bits per heavy atom. The molecule has 10 nitrogen and oxygen atoms in total. The third kappa shape index (κ3) is 5.88. The van der Waals surface area contributed by atoms with E-state index < -0.39 is 29.6 Å². The molecule has 4 aromatic rings. The number of benzene rings is 2. The Kier molecular flexibility index (Phi) is 8.33. The highest BCUT2D eigenvalue weighted by atomic mass is 32.1. The van der Waals surface area contributed by atoms with Crippen LogP contribution in [0.2, 0.25) is 0 Å². The summed E-state index contributed by atoms with van der Waals surface area (Å²) in [6.07, 6.45) is 0.394. The Balaban J connectivity index is 1.85. The molecule has 4 rings (SSSR count). The van der Waals surface area contributed by atoms with Gasteiger partial charge in [-0.1, -0.05) is 45.0 Å². The first-order valence-electron chi connectivity index (χ1n) is 12.6. The van der Waals surface area contributed by atoms with Crippen LogP contribution in [0.15, 0.2) is 48.5 Å². The summed E-state index contributed by atoms with van der Waals surface area (Å²) >= 11 is 5.52. The number of carbonyl (C=O) groups excluding carboxylic acids is 2. The molecule has 0 aliphatic carbocycles. The standard InChI is InChI=1S/C27H30F2N6O4S/c1-26(2,3)27(14-8-9-15-38-24(30)37,33-21(36)17-11-5-7-13-19(17)39-23(28)29)22-32-20-16-10-4-6-12-18(16)31-25(40)35(20)34-22/h4-7,10-13,23H,8-9,14-15H2,1-3H3,(H2,30,37)(H,32,34)(H,33,36). The quantitative estimate of drug-likeness (QED) is 0.169. The molecule has 1 unspecified atom stereocenters. The molecular weight excluding hydrogens is 542 g/mol. The van der Waals surface area contributed by atoms with E-state index in [2.05, 4.69) is 20.1 Å². The number of halogens is 2. The number of para-hydroxylation sites is 2. The lowest BCUT2D eigenvalue weighted by molar-refractivity contribution is -0.0502. The van der Waals surface area contributed by atoms with Crippen LogP contribution < -0.4 is 15.8 Å². The maximum absolute atomic E-state index is 13.8. The normalized spacial score (nSPS) is 13.3. The van der Waals surface area contributed by atoms with Crippen LogP contribution in [0.1, 0.15) is 56.2 Å². The third-order valence-electron chi connectivity index (χ3n) is 6.75. The van der Waals surface area contributed by atoms with Crippen LogP contribution in [0.3, 0.4) is 0 Å². The number of rotatable bonds is 10. The number of primary amides is 1. The average molecular weight is 573 g/mol. The summed E-state index contributed by atoms with van der Waals surface area (Å²) in [5, 5.41) is 7.07. The monoisotopic (exact) mass is 572 g/mol. The van der Waals surface area contributed by atoms with Crippen molar-refractivity contribution in [3.8, 4) is 5.75 Å². The van der Waals surface area contributed by atoms with Gasteiger partial charge in [0.15, 0.2) is 5.65 Å². The topological polar surface area (TPSA) is 137 Å². The fourth-order valence-corrected chi connectivity index (χ4v) is 4.93. The van der Waals surface area contributed by atoms with E-state index >= 15 is 0 Å². The van der Waals surface area contributed by atoms with Crippen molar-refractivity contribution in [3.63, 3.8) is 0 Å². The van der Waals surface area contributed by atoms with Crippen molar-refractivity contribution < 1.29 is 27.8 Å². The van der Waals surface area contributed by atoms with E-state index in [-0.39, 0.29) is 22.7 Å². The Hall–Kier alpha value is -4.13. The van der Waals surface area contributed by atoms with Gasteiger partial charge in [0.1, 0.15) is 17.1 Å². The molecule has 2 amide bonds. The van der Waals surface area contributed by atoms with Gasteiger partial charge < -0.3 is 20.5 Å². The smallest absolute Gasteiger partial charge is 0.404 e. The summed E-state index contributed by atoms with van der Waals surface area (Å²) < 4.78 is 37.5. The number of unbranched alkanes of at least 4 members (excludes halogenated alkanes) is 1. The zero-order chi connectivity index (χ0) is 29.1. The Morgan fingerprint density at radius 1 is 1.10 bits per heavy atom. The predicted molar refractivity (Wildman–Crippen MR) is 147 cm³/mol. The minimum atomic E-state index is -3.11. The van der Waals surface area contributed by atoms with Crippen molar-refractivity contribution in [1.29, 1.82) is 0 Å². The van der Waals surface area contributed by atoms with Crippen molar-refractivity contribution in [2.24, 2.45) is 11.1 Å². The van der Waals surface area contributed by atoms with Gasteiger partial charge in [0, 0.05) is 5.39 Å². The third-order valence-corrected chi connectivity index (χ3v) is 7.02. The number of nitrogens with two attached hydrogens (primary N) is 1. The number of H-pyrrole nitrogens is 1. The van der Waals surface area contributed by atoms with E-state index in [0.717, 1.165) is 5.39 Å². The first kappa shape index (κ1) is 28.9. The second-order valence-corrected chi connectivity index (χ2v) is 10.6. The number of nitrogens with one attached hydrogen (secondary N) is 2. The zero-order valence-electron chi connectivity index (χ0n) is 22.2. The van der Waals surface area contributed by atoms with Crippen molar-refractivity contribution in [2.45, 2.75) is 52.2 Å². The van der Waals surface area contributed by atoms with E-state index in [9.17, 15) is 18.4 Å². The van der Waals surface area contributed by atoms with Crippen molar-refractivity contribution in [2.75, 3.05) is 6.61 Å². The van der Waals surface area contributed by atoms with Crippen molar-refractivity contribution >= 4 is 40.8 Å². The molecule has 0 spiro atoms. The second kappa shape index (κ2) is 11.5. The molecule has 0 bridgehead atoms. The molecule has 2 aromatic heterocycles. The lowest BCUT2D eigenvalue weighted by Gasteiger charge is -2.44. The van der Waals surface area contributed by atoms with E-state index in [4.69, 9.17) is 27.7 Å². The molecule has 40 heavy (non-hydrogen) atoms. The summed E-state index contributed by atoms with van der Waals surface area (Å²) in [7, 11) is 0. The van der Waals surface area contributed by atoms with Gasteiger partial charge in [0.2, 0.25) is 4.77 Å². The summed E-state index contributed by atoms with van der Waals surface area (Å²) in [6.45, 7) is 2.77. The van der Waals surface area contributed by atoms with Gasteiger partial charge in [-0.3, -0.25) is 9.89 Å². The number of hydrogen-bond donors (Lipinski definition) is 3. The van der Waals surface area contributed by atoms with Crippen LogP contribution in [-0.2, 0) is 10.3 Å². The summed E-state index contributed by atoms with van der Waals surface area (Å²) in [5.41, 5.74) is 4.36. The molecule has 0 saturated carbocycles. The zero-order valence-corrected chi connectivity index (χ0v) is 23.1. The first-order chi connectivity index (χ1) is 18.9. The van der Waals surface area contributed by atoms with Gasteiger partial charge in [0.05, 0.1) is 17.7 Å². The Labute approximate surface area is 233 Å². The fourth-order valence-electron chi connectivity index (χ4n) is 4.70. The SMILES string of the molecule is CC(C)(C)C(CCCCOC(N)=O)(NC(=O)c1ccccc1OC(F)F)c1nc2c3ccccc3nc(=S)n2[nH]1. The van der Waals surface area contributed by atoms with Crippen molar-refractivity contribution in [3.05, 3.63) is 64.7 Å². The molecule has 4 N–H and O–H groups in total. The molecule has 0 aliphatic rings. The molecular formula is C27H30F2N6O4S. The minimum absolute atomic E-state index is 0.0617. The van der Waals surface area contributed by atoms with Crippen LogP contribution >= 0.6 is 12.2 Å². The second-order valence-electron chi connectivity index (χ2n) is 10.3. The molecule has 0 radical (unpaired) electrons. The highest BCUT2D eigenvalue weighted by Gasteiger charge is 2.47. The van der Waals surface area contributed by atoms with E-state index in [1.165, 1.54) is 18.2 Å². The number of nitrogens with zero attached hydrogens (tertiary/aromatic N) is 3. The number of aromatic amines is 1. The Morgan fingerprint density at radius 3 is 2.50 bits per heavy atom. The van der Waals surface area contributed by atoms with Gasteiger partial charge in [-0.05, 0) is 61.2 Å². The van der Waals surface area contributed by atoms with Crippen LogP contribution in [0.5, 0.6) is 5.75 Å². The molecule has 212 valence electrons. The van der Waals surface area contributed by atoms with Crippen LogP contribution in [0.25, 0.3) is 16.6 Å².